The summed E-state index contributed by atoms with van der Waals surface area (Å²) in [6.07, 6.45) is 2.64. The molecule has 0 aliphatic rings. The lowest BCUT2D eigenvalue weighted by atomic mass is 9.99. The van der Waals surface area contributed by atoms with Crippen LogP contribution in [-0.4, -0.2) is 28.8 Å². The van der Waals surface area contributed by atoms with E-state index in [4.69, 9.17) is 9.47 Å². The summed E-state index contributed by atoms with van der Waals surface area (Å²) in [5, 5.41) is -1.06. The van der Waals surface area contributed by atoms with E-state index in [0.29, 0.717) is 23.3 Å². The van der Waals surface area contributed by atoms with Crippen LogP contribution in [0, 0.1) is 5.13 Å². The number of carbonyl (C=O) groups excluding carboxylic acids is 2. The van der Waals surface area contributed by atoms with Gasteiger partial charge in [0.05, 0.1) is 16.8 Å². The van der Waals surface area contributed by atoms with Gasteiger partial charge in [0.25, 0.3) is 0 Å². The van der Waals surface area contributed by atoms with E-state index < -0.39 is 35.7 Å². The maximum atomic E-state index is 15.1. The molecule has 2 heterocycles. The number of ether oxygens (including phenoxy) is 2. The van der Waals surface area contributed by atoms with Gasteiger partial charge in [0.15, 0.2) is 0 Å². The largest absolute Gasteiger partial charge is 0.424 e. The summed E-state index contributed by atoms with van der Waals surface area (Å²) in [4.78, 5) is 34.5. The number of amides is 1. The van der Waals surface area contributed by atoms with Crippen molar-refractivity contribution in [2.45, 2.75) is 58.0 Å². The van der Waals surface area contributed by atoms with Crippen LogP contribution < -0.4 is 4.90 Å². The third kappa shape index (κ3) is 8.62. The number of anilines is 2. The lowest BCUT2D eigenvalue weighted by Crippen LogP contribution is -2.28. The van der Waals surface area contributed by atoms with E-state index in [2.05, 4.69) is 16.9 Å². The van der Waals surface area contributed by atoms with E-state index in [0.717, 1.165) is 43.1 Å². The maximum Gasteiger partial charge on any atom is 0.423 e. The minimum Gasteiger partial charge on any atom is -0.424 e. The number of halogens is 4. The van der Waals surface area contributed by atoms with Gasteiger partial charge in [-0.15, -0.1) is 0 Å². The van der Waals surface area contributed by atoms with Crippen LogP contribution >= 0.6 is 11.3 Å². The molecule has 4 rings (SSSR count). The number of thiazole rings is 1. The predicted octanol–water partition coefficient (Wildman–Crippen LogP) is 9.36. The van der Waals surface area contributed by atoms with Gasteiger partial charge >= 0.3 is 18.2 Å². The highest BCUT2D eigenvalue weighted by Crippen LogP contribution is 2.40. The second-order valence-corrected chi connectivity index (χ2v) is 10.8. The topological polar surface area (TPSA) is 81.6 Å². The fraction of sp³-hybridized carbons (Fsp3) is 0.312. The van der Waals surface area contributed by atoms with Crippen LogP contribution in [0.4, 0.5) is 33.2 Å². The van der Waals surface area contributed by atoms with E-state index in [1.807, 2.05) is 0 Å². The van der Waals surface area contributed by atoms with Crippen LogP contribution in [0.25, 0.3) is 11.3 Å². The van der Waals surface area contributed by atoms with Crippen LogP contribution in [0.5, 0.6) is 0 Å². The van der Waals surface area contributed by atoms with Gasteiger partial charge in [-0.2, -0.15) is 17.6 Å². The normalized spacial score (nSPS) is 11.3. The Morgan fingerprint density at radius 1 is 0.932 bits per heavy atom. The lowest BCUT2D eigenvalue weighted by Gasteiger charge is -2.22. The van der Waals surface area contributed by atoms with Gasteiger partial charge in [-0.25, -0.2) is 19.5 Å². The predicted molar refractivity (Wildman–Crippen MR) is 159 cm³/mol. The van der Waals surface area contributed by atoms with E-state index in [1.54, 1.807) is 30.3 Å². The maximum absolute atomic E-state index is 15.1. The number of unbranched alkanes of at least 4 members (excludes halogenated alkanes) is 5. The summed E-state index contributed by atoms with van der Waals surface area (Å²) in [6, 6.07) is 14.5. The number of aryl methyl sites for hydroxylation is 1. The van der Waals surface area contributed by atoms with Gasteiger partial charge in [0, 0.05) is 18.0 Å². The van der Waals surface area contributed by atoms with Crippen molar-refractivity contribution in [1.82, 2.24) is 9.97 Å². The number of hydrogen-bond acceptors (Lipinski definition) is 7. The zero-order valence-electron chi connectivity index (χ0n) is 24.0. The van der Waals surface area contributed by atoms with E-state index in [-0.39, 0.29) is 34.1 Å². The van der Waals surface area contributed by atoms with Crippen molar-refractivity contribution in [3.63, 3.8) is 0 Å². The minimum atomic E-state index is -4.72. The van der Waals surface area contributed by atoms with Crippen molar-refractivity contribution in [1.29, 1.82) is 0 Å². The van der Waals surface area contributed by atoms with Gasteiger partial charge in [0.1, 0.15) is 5.69 Å². The zero-order valence-corrected chi connectivity index (χ0v) is 24.8. The van der Waals surface area contributed by atoms with Gasteiger partial charge in [-0.3, -0.25) is 4.98 Å². The molecule has 0 radical (unpaired) electrons. The van der Waals surface area contributed by atoms with Crippen LogP contribution in [0.2, 0.25) is 0 Å². The summed E-state index contributed by atoms with van der Waals surface area (Å²) >= 11 is 0.448. The fourth-order valence-corrected chi connectivity index (χ4v) is 5.33. The van der Waals surface area contributed by atoms with Gasteiger partial charge < -0.3 is 9.47 Å². The molecule has 0 saturated heterocycles. The number of benzene rings is 2. The summed E-state index contributed by atoms with van der Waals surface area (Å²) < 4.78 is 67.9. The molecule has 2 aromatic carbocycles. The summed E-state index contributed by atoms with van der Waals surface area (Å²) in [5.74, 6) is -0.775. The number of hydrogen-bond donors (Lipinski definition) is 0. The van der Waals surface area contributed by atoms with Crippen LogP contribution in [0.1, 0.15) is 66.9 Å². The van der Waals surface area contributed by atoms with Crippen molar-refractivity contribution in [2.24, 2.45) is 0 Å². The molecule has 44 heavy (non-hydrogen) atoms. The average molecular weight is 630 g/mol. The van der Waals surface area contributed by atoms with Gasteiger partial charge in [-0.05, 0) is 54.8 Å². The Kier molecular flexibility index (Phi) is 11.4. The van der Waals surface area contributed by atoms with Gasteiger partial charge in [0.2, 0.25) is 17.1 Å². The lowest BCUT2D eigenvalue weighted by molar-refractivity contribution is -0.138. The first-order chi connectivity index (χ1) is 21.2. The summed E-state index contributed by atoms with van der Waals surface area (Å²) in [7, 11) is 0. The Morgan fingerprint density at radius 3 is 2.39 bits per heavy atom. The SMILES string of the molecule is CCCCCCCCc1ccc(N(C(=O)OCOC(=O)c2ccccc2)c2nc(-c3cccnc3)c(F)s2)cc1C(F)(F)F. The highest BCUT2D eigenvalue weighted by atomic mass is 32.1. The third-order valence-corrected chi connectivity index (χ3v) is 7.55. The molecule has 0 bridgehead atoms. The molecule has 4 aromatic rings. The Morgan fingerprint density at radius 2 is 1.68 bits per heavy atom. The molecule has 2 aromatic heterocycles. The quantitative estimate of drug-likeness (QED) is 0.0635. The van der Waals surface area contributed by atoms with Crippen LogP contribution in [0.15, 0.2) is 73.1 Å². The summed E-state index contributed by atoms with van der Waals surface area (Å²) in [6.45, 7) is 1.25. The molecule has 0 unspecified atom stereocenters. The molecule has 1 amide bonds. The molecule has 0 atom stereocenters. The molecule has 0 aliphatic carbocycles. The molecular weight excluding hydrogens is 598 g/mol. The van der Waals surface area contributed by atoms with Crippen molar-refractivity contribution in [3.05, 3.63) is 94.9 Å². The molecule has 0 N–H and O–H groups in total. The first-order valence-corrected chi connectivity index (χ1v) is 15.0. The second-order valence-electron chi connectivity index (χ2n) is 9.88. The van der Waals surface area contributed by atoms with E-state index >= 15 is 4.39 Å². The standard InChI is InChI=1S/C32H31F4N3O4S/c1-2-3-4-5-6-8-12-22-16-17-25(19-26(22)32(34,35)36)39(30-38-27(28(33)44-30)24-15-11-18-37-20-24)31(41)43-21-42-29(40)23-13-9-7-10-14-23/h7,9-11,13-20H,2-6,8,12,21H2,1H3. The second kappa shape index (κ2) is 15.4. The number of alkyl halides is 3. The van der Waals surface area contributed by atoms with Crippen LogP contribution in [-0.2, 0) is 22.1 Å². The third-order valence-electron chi connectivity index (χ3n) is 6.72. The van der Waals surface area contributed by atoms with Crippen molar-refractivity contribution in [2.75, 3.05) is 11.7 Å². The molecule has 232 valence electrons. The number of rotatable bonds is 13. The highest BCUT2D eigenvalue weighted by Gasteiger charge is 2.35. The zero-order chi connectivity index (χ0) is 31.5. The Hall–Kier alpha value is -4.32. The monoisotopic (exact) mass is 629 g/mol. The average Bonchev–Trinajstić information content (AvgIpc) is 3.40. The number of esters is 1. The molecule has 0 fully saturated rings. The first kappa shape index (κ1) is 32.6. The molecular formula is C32H31F4N3O4S. The molecule has 0 aliphatic heterocycles. The Bertz CT molecular complexity index is 1530. The number of pyridine rings is 1. The van der Waals surface area contributed by atoms with Crippen molar-refractivity contribution in [3.8, 4) is 11.3 Å². The summed E-state index contributed by atoms with van der Waals surface area (Å²) in [5.41, 5.74) is -0.691. The first-order valence-electron chi connectivity index (χ1n) is 14.1. The fourth-order valence-electron chi connectivity index (χ4n) is 4.50. The van der Waals surface area contributed by atoms with Gasteiger partial charge in [-0.1, -0.05) is 74.6 Å². The molecule has 7 nitrogen and oxygen atoms in total. The highest BCUT2D eigenvalue weighted by molar-refractivity contribution is 7.14. The smallest absolute Gasteiger partial charge is 0.423 e. The van der Waals surface area contributed by atoms with Crippen molar-refractivity contribution < 1.29 is 36.6 Å². The van der Waals surface area contributed by atoms with Crippen molar-refractivity contribution >= 4 is 34.2 Å². The number of nitrogens with zero attached hydrogens (tertiary/aromatic N) is 3. The number of aromatic nitrogens is 2. The Balaban J connectivity index is 1.62. The van der Waals surface area contributed by atoms with Crippen LogP contribution in [0.3, 0.4) is 0 Å². The van der Waals surface area contributed by atoms with E-state index in [1.165, 1.54) is 36.7 Å². The molecule has 12 heteroatoms. The minimum absolute atomic E-state index is 0.0863. The number of carbonyl (C=O) groups is 2. The Labute approximate surface area is 256 Å². The van der Waals surface area contributed by atoms with E-state index in [9.17, 15) is 22.8 Å². The molecule has 0 spiro atoms. The molecule has 0 saturated carbocycles.